The third-order valence-corrected chi connectivity index (χ3v) is 3.99. The molecule has 1 aromatic heterocycles. The molecule has 2 aromatic carbocycles. The summed E-state index contributed by atoms with van der Waals surface area (Å²) in [6, 6.07) is 13.3. The van der Waals surface area contributed by atoms with Crippen LogP contribution in [0.4, 0.5) is 21.7 Å². The van der Waals surface area contributed by atoms with Crippen LogP contribution in [0.15, 0.2) is 54.9 Å². The number of anilines is 3. The topological polar surface area (TPSA) is 49.8 Å². The third kappa shape index (κ3) is 4.34. The smallest absolute Gasteiger partial charge is 0.135 e. The average molecular weight is 363 g/mol. The minimum absolute atomic E-state index is 0.256. The molecule has 0 bridgehead atoms. The lowest BCUT2D eigenvalue weighted by Crippen LogP contribution is -2.03. The van der Waals surface area contributed by atoms with Crippen LogP contribution >= 0.6 is 23.2 Å². The number of aromatic nitrogens is 2. The van der Waals surface area contributed by atoms with Crippen molar-refractivity contribution in [1.82, 2.24) is 9.97 Å². The van der Waals surface area contributed by atoms with Crippen molar-refractivity contribution >= 4 is 40.5 Å². The molecule has 0 radical (unpaired) electrons. The van der Waals surface area contributed by atoms with Gasteiger partial charge in [-0.15, -0.1) is 0 Å². The van der Waals surface area contributed by atoms with Gasteiger partial charge in [0.2, 0.25) is 0 Å². The Morgan fingerprint density at radius 1 is 0.875 bits per heavy atom. The van der Waals surface area contributed by atoms with Gasteiger partial charge in [0, 0.05) is 18.3 Å². The van der Waals surface area contributed by atoms with E-state index in [2.05, 4.69) is 20.6 Å². The van der Waals surface area contributed by atoms with Crippen molar-refractivity contribution in [2.24, 2.45) is 0 Å². The van der Waals surface area contributed by atoms with Crippen molar-refractivity contribution in [1.29, 1.82) is 0 Å². The van der Waals surface area contributed by atoms with Crippen LogP contribution in [0.3, 0.4) is 0 Å². The van der Waals surface area contributed by atoms with Crippen molar-refractivity contribution in [3.05, 3.63) is 76.3 Å². The monoisotopic (exact) mass is 362 g/mol. The Morgan fingerprint density at radius 2 is 1.62 bits per heavy atom. The van der Waals surface area contributed by atoms with Gasteiger partial charge in [0.05, 0.1) is 10.0 Å². The number of hydrogen-bond acceptors (Lipinski definition) is 4. The molecular weight excluding hydrogens is 350 g/mol. The maximum absolute atomic E-state index is 12.9. The number of benzene rings is 2. The van der Waals surface area contributed by atoms with Gasteiger partial charge in [-0.3, -0.25) is 0 Å². The third-order valence-electron chi connectivity index (χ3n) is 3.25. The van der Waals surface area contributed by atoms with Gasteiger partial charge < -0.3 is 10.6 Å². The summed E-state index contributed by atoms with van der Waals surface area (Å²) in [6.07, 6.45) is 1.45. The molecule has 122 valence electrons. The quantitative estimate of drug-likeness (QED) is 0.648. The molecule has 0 aliphatic heterocycles. The molecule has 0 saturated heterocycles. The van der Waals surface area contributed by atoms with Crippen molar-refractivity contribution in [2.75, 3.05) is 10.6 Å². The van der Waals surface area contributed by atoms with Crippen molar-refractivity contribution in [3.63, 3.8) is 0 Å². The molecule has 3 rings (SSSR count). The fourth-order valence-corrected chi connectivity index (χ4v) is 2.34. The van der Waals surface area contributed by atoms with Crippen LogP contribution in [-0.2, 0) is 6.54 Å². The van der Waals surface area contributed by atoms with E-state index in [1.165, 1.54) is 18.5 Å². The summed E-state index contributed by atoms with van der Waals surface area (Å²) in [7, 11) is 0. The minimum Gasteiger partial charge on any atom is -0.366 e. The molecule has 0 unspecified atom stereocenters. The zero-order chi connectivity index (χ0) is 16.9. The summed E-state index contributed by atoms with van der Waals surface area (Å²) in [5.74, 6) is 1.01. The van der Waals surface area contributed by atoms with Crippen LogP contribution in [0.1, 0.15) is 5.56 Å². The first-order valence-electron chi connectivity index (χ1n) is 7.12. The van der Waals surface area contributed by atoms with Gasteiger partial charge in [0.15, 0.2) is 0 Å². The van der Waals surface area contributed by atoms with Gasteiger partial charge in [0.25, 0.3) is 0 Å². The average Bonchev–Trinajstić information content (AvgIpc) is 2.58. The standard InChI is InChI=1S/C17H13Cl2FN4/c18-14-6-5-13(7-15(14)19)24-17-8-16(22-10-23-17)21-9-11-1-3-12(20)4-2-11/h1-8,10H,9H2,(H2,21,22,23,24). The van der Waals surface area contributed by atoms with Gasteiger partial charge in [-0.25, -0.2) is 14.4 Å². The number of hydrogen-bond donors (Lipinski definition) is 2. The van der Waals surface area contributed by atoms with E-state index in [0.29, 0.717) is 28.2 Å². The van der Waals surface area contributed by atoms with Gasteiger partial charge in [-0.2, -0.15) is 0 Å². The van der Waals surface area contributed by atoms with E-state index in [9.17, 15) is 4.39 Å². The first-order valence-corrected chi connectivity index (χ1v) is 7.88. The highest BCUT2D eigenvalue weighted by Gasteiger charge is 2.03. The number of rotatable bonds is 5. The summed E-state index contributed by atoms with van der Waals surface area (Å²) >= 11 is 11.9. The molecule has 0 amide bonds. The van der Waals surface area contributed by atoms with Crippen LogP contribution < -0.4 is 10.6 Å². The van der Waals surface area contributed by atoms with E-state index in [0.717, 1.165) is 11.3 Å². The maximum atomic E-state index is 12.9. The van der Waals surface area contributed by atoms with Crippen LogP contribution in [-0.4, -0.2) is 9.97 Å². The van der Waals surface area contributed by atoms with E-state index < -0.39 is 0 Å². The normalized spacial score (nSPS) is 10.5. The Morgan fingerprint density at radius 3 is 2.38 bits per heavy atom. The lowest BCUT2D eigenvalue weighted by atomic mass is 10.2. The van der Waals surface area contributed by atoms with Gasteiger partial charge in [0.1, 0.15) is 23.8 Å². The fraction of sp³-hybridized carbons (Fsp3) is 0.0588. The summed E-state index contributed by atoms with van der Waals surface area (Å²) < 4.78 is 12.9. The first kappa shape index (κ1) is 16.5. The Kier molecular flexibility index (Phi) is 5.13. The van der Waals surface area contributed by atoms with E-state index >= 15 is 0 Å². The van der Waals surface area contributed by atoms with Crippen LogP contribution in [0.25, 0.3) is 0 Å². The van der Waals surface area contributed by atoms with Gasteiger partial charge >= 0.3 is 0 Å². The lowest BCUT2D eigenvalue weighted by molar-refractivity contribution is 0.627. The molecule has 3 aromatic rings. The zero-order valence-corrected chi connectivity index (χ0v) is 13.9. The second-order valence-corrected chi connectivity index (χ2v) is 5.84. The molecule has 0 atom stereocenters. The minimum atomic E-state index is -0.256. The molecule has 1 heterocycles. The Balaban J connectivity index is 1.67. The highest BCUT2D eigenvalue weighted by molar-refractivity contribution is 6.42. The Labute approximate surface area is 148 Å². The fourth-order valence-electron chi connectivity index (χ4n) is 2.04. The Hall–Kier alpha value is -2.37. The lowest BCUT2D eigenvalue weighted by Gasteiger charge is -2.09. The van der Waals surface area contributed by atoms with Crippen LogP contribution in [0.2, 0.25) is 10.0 Å². The maximum Gasteiger partial charge on any atom is 0.135 e. The van der Waals surface area contributed by atoms with E-state index in [1.54, 1.807) is 30.3 Å². The molecule has 2 N–H and O–H groups in total. The summed E-state index contributed by atoms with van der Waals surface area (Å²) in [4.78, 5) is 8.33. The highest BCUT2D eigenvalue weighted by Crippen LogP contribution is 2.26. The molecule has 0 fully saturated rings. The number of nitrogens with one attached hydrogen (secondary N) is 2. The van der Waals surface area contributed by atoms with E-state index in [4.69, 9.17) is 23.2 Å². The number of halogens is 3. The molecule has 0 spiro atoms. The summed E-state index contributed by atoms with van der Waals surface area (Å²) in [5.41, 5.74) is 1.72. The predicted molar refractivity (Wildman–Crippen MR) is 95.5 cm³/mol. The SMILES string of the molecule is Fc1ccc(CNc2cc(Nc3ccc(Cl)c(Cl)c3)ncn2)cc1. The van der Waals surface area contributed by atoms with Crippen LogP contribution in [0.5, 0.6) is 0 Å². The summed E-state index contributed by atoms with van der Waals surface area (Å²) in [6.45, 7) is 0.531. The molecule has 0 aliphatic carbocycles. The molecule has 0 aliphatic rings. The first-order chi connectivity index (χ1) is 11.6. The van der Waals surface area contributed by atoms with E-state index in [-0.39, 0.29) is 5.82 Å². The van der Waals surface area contributed by atoms with Crippen molar-refractivity contribution in [2.45, 2.75) is 6.54 Å². The molecular formula is C17H13Cl2FN4. The molecule has 24 heavy (non-hydrogen) atoms. The van der Waals surface area contributed by atoms with Gasteiger partial charge in [-0.1, -0.05) is 35.3 Å². The largest absolute Gasteiger partial charge is 0.366 e. The predicted octanol–water partition coefficient (Wildman–Crippen LogP) is 5.28. The Bertz CT molecular complexity index is 840. The molecule has 0 saturated carbocycles. The van der Waals surface area contributed by atoms with E-state index in [1.807, 2.05) is 6.07 Å². The van der Waals surface area contributed by atoms with Crippen molar-refractivity contribution < 1.29 is 4.39 Å². The summed E-state index contributed by atoms with van der Waals surface area (Å²) in [5, 5.41) is 7.26. The van der Waals surface area contributed by atoms with Crippen LogP contribution in [0, 0.1) is 5.82 Å². The molecule has 7 heteroatoms. The zero-order valence-electron chi connectivity index (χ0n) is 12.4. The second-order valence-electron chi connectivity index (χ2n) is 5.02. The van der Waals surface area contributed by atoms with Gasteiger partial charge in [-0.05, 0) is 35.9 Å². The molecule has 4 nitrogen and oxygen atoms in total. The number of nitrogens with zero attached hydrogens (tertiary/aromatic N) is 2. The van der Waals surface area contributed by atoms with Crippen molar-refractivity contribution in [3.8, 4) is 0 Å². The highest BCUT2D eigenvalue weighted by atomic mass is 35.5. The second kappa shape index (κ2) is 7.47.